The summed E-state index contributed by atoms with van der Waals surface area (Å²) in [5.74, 6) is -0.758. The zero-order chi connectivity index (χ0) is 13.5. The molecule has 1 amide bonds. The summed E-state index contributed by atoms with van der Waals surface area (Å²) in [4.78, 5) is 24.0. The minimum Gasteiger partial charge on any atom is -0.480 e. The van der Waals surface area contributed by atoms with Gasteiger partial charge in [0.05, 0.1) is 5.75 Å². The zero-order valence-corrected chi connectivity index (χ0v) is 11.3. The Bertz CT molecular complexity index is 406. The van der Waals surface area contributed by atoms with Crippen LogP contribution in [0.4, 0.5) is 0 Å². The lowest BCUT2D eigenvalue weighted by atomic mass is 10.1. The first-order valence-electron chi connectivity index (χ1n) is 5.59. The average Bonchev–Trinajstić information content (AvgIpc) is 2.34. The molecule has 0 saturated carbocycles. The molecule has 0 radical (unpaired) electrons. The summed E-state index contributed by atoms with van der Waals surface area (Å²) in [7, 11) is 3.33. The molecule has 0 fully saturated rings. The maximum Gasteiger partial charge on any atom is 0.316 e. The summed E-state index contributed by atoms with van der Waals surface area (Å²) < 4.78 is 0. The van der Waals surface area contributed by atoms with E-state index in [1.165, 1.54) is 16.7 Å². The second kappa shape index (κ2) is 7.06. The number of thioether (sulfide) groups is 1. The van der Waals surface area contributed by atoms with Crippen molar-refractivity contribution in [3.8, 4) is 0 Å². The van der Waals surface area contributed by atoms with Gasteiger partial charge in [0.25, 0.3) is 0 Å². The number of aliphatic carboxylic acids is 1. The van der Waals surface area contributed by atoms with Gasteiger partial charge in [-0.3, -0.25) is 9.59 Å². The van der Waals surface area contributed by atoms with Crippen molar-refractivity contribution in [1.29, 1.82) is 0 Å². The van der Waals surface area contributed by atoms with E-state index in [1.54, 1.807) is 14.1 Å². The van der Waals surface area contributed by atoms with Gasteiger partial charge in [-0.2, -0.15) is 0 Å². The van der Waals surface area contributed by atoms with Crippen LogP contribution in [0.1, 0.15) is 5.56 Å². The Morgan fingerprint density at radius 1 is 1.28 bits per heavy atom. The third-order valence-electron chi connectivity index (χ3n) is 2.45. The number of amides is 1. The van der Waals surface area contributed by atoms with Crippen LogP contribution in [0.15, 0.2) is 30.3 Å². The van der Waals surface area contributed by atoms with Crippen LogP contribution in [-0.4, -0.2) is 47.0 Å². The fraction of sp³-hybridized carbons (Fsp3) is 0.385. The molecule has 1 rings (SSSR count). The molecule has 1 aromatic carbocycles. The molecule has 1 aromatic rings. The van der Waals surface area contributed by atoms with Crippen molar-refractivity contribution in [2.45, 2.75) is 11.7 Å². The van der Waals surface area contributed by atoms with E-state index in [0.717, 1.165) is 5.56 Å². The third-order valence-corrected chi connectivity index (χ3v) is 3.63. The summed E-state index contributed by atoms with van der Waals surface area (Å²) in [6, 6.07) is 9.43. The molecule has 0 aliphatic heterocycles. The van der Waals surface area contributed by atoms with Gasteiger partial charge >= 0.3 is 5.97 Å². The number of carbonyl (C=O) groups is 2. The molecule has 18 heavy (non-hydrogen) atoms. The molecule has 0 bridgehead atoms. The van der Waals surface area contributed by atoms with Crippen LogP contribution < -0.4 is 0 Å². The summed E-state index contributed by atoms with van der Waals surface area (Å²) in [6.07, 6.45) is 0.432. The molecular weight excluding hydrogens is 250 g/mol. The largest absolute Gasteiger partial charge is 0.480 e. The van der Waals surface area contributed by atoms with Crippen molar-refractivity contribution in [2.75, 3.05) is 19.8 Å². The van der Waals surface area contributed by atoms with Gasteiger partial charge in [-0.25, -0.2) is 0 Å². The van der Waals surface area contributed by atoms with Crippen molar-refractivity contribution < 1.29 is 14.7 Å². The summed E-state index contributed by atoms with van der Waals surface area (Å²) in [5.41, 5.74) is 0.967. The fourth-order valence-corrected chi connectivity index (χ4v) is 2.40. The van der Waals surface area contributed by atoms with Gasteiger partial charge in [-0.15, -0.1) is 11.8 Å². The molecule has 0 aromatic heterocycles. The summed E-state index contributed by atoms with van der Waals surface area (Å²) in [5, 5.41) is 8.55. The number of carboxylic acid groups (broad SMARTS) is 1. The Hall–Kier alpha value is -1.49. The lowest BCUT2D eigenvalue weighted by Crippen LogP contribution is -2.27. The Morgan fingerprint density at radius 2 is 1.89 bits per heavy atom. The van der Waals surface area contributed by atoms with Gasteiger partial charge in [0.15, 0.2) is 0 Å². The van der Waals surface area contributed by atoms with E-state index < -0.39 is 11.2 Å². The highest BCUT2D eigenvalue weighted by molar-refractivity contribution is 8.01. The molecule has 1 N–H and O–H groups in total. The standard InChI is InChI=1S/C13H17NO3S/c1-14(2)12(15)9-18-11(13(16)17)8-10-6-4-3-5-7-10/h3-7,11H,8-9H2,1-2H3,(H,16,17). The van der Waals surface area contributed by atoms with E-state index in [9.17, 15) is 9.59 Å². The van der Waals surface area contributed by atoms with E-state index in [-0.39, 0.29) is 11.7 Å². The molecule has 1 atom stereocenters. The molecule has 0 aliphatic carbocycles. The predicted molar refractivity (Wildman–Crippen MR) is 72.7 cm³/mol. The van der Waals surface area contributed by atoms with Crippen LogP contribution >= 0.6 is 11.8 Å². The van der Waals surface area contributed by atoms with Gasteiger partial charge in [0.1, 0.15) is 5.25 Å². The first-order valence-corrected chi connectivity index (χ1v) is 6.64. The van der Waals surface area contributed by atoms with Gasteiger partial charge in [-0.05, 0) is 12.0 Å². The van der Waals surface area contributed by atoms with Crippen molar-refractivity contribution >= 4 is 23.6 Å². The lowest BCUT2D eigenvalue weighted by molar-refractivity contribution is -0.136. The minimum absolute atomic E-state index is 0.0701. The second-order valence-electron chi connectivity index (χ2n) is 4.12. The highest BCUT2D eigenvalue weighted by Crippen LogP contribution is 2.17. The smallest absolute Gasteiger partial charge is 0.316 e. The molecule has 98 valence electrons. The molecule has 0 aliphatic rings. The van der Waals surface area contributed by atoms with Gasteiger partial charge < -0.3 is 10.0 Å². The lowest BCUT2D eigenvalue weighted by Gasteiger charge is -2.14. The monoisotopic (exact) mass is 267 g/mol. The Labute approximate surface area is 111 Å². The highest BCUT2D eigenvalue weighted by Gasteiger charge is 2.20. The fourth-order valence-electron chi connectivity index (χ4n) is 1.35. The van der Waals surface area contributed by atoms with E-state index >= 15 is 0 Å². The van der Waals surface area contributed by atoms with E-state index in [0.29, 0.717) is 6.42 Å². The Balaban J connectivity index is 2.56. The van der Waals surface area contributed by atoms with Crippen molar-refractivity contribution in [1.82, 2.24) is 4.90 Å². The van der Waals surface area contributed by atoms with Crippen LogP contribution in [-0.2, 0) is 16.0 Å². The number of hydrogen-bond donors (Lipinski definition) is 1. The number of nitrogens with zero attached hydrogens (tertiary/aromatic N) is 1. The van der Waals surface area contributed by atoms with Crippen LogP contribution in [0.5, 0.6) is 0 Å². The molecule has 0 saturated heterocycles. The van der Waals surface area contributed by atoms with Gasteiger partial charge in [0.2, 0.25) is 5.91 Å². The molecule has 5 heteroatoms. The number of carboxylic acids is 1. The van der Waals surface area contributed by atoms with E-state index in [1.807, 2.05) is 30.3 Å². The van der Waals surface area contributed by atoms with Crippen LogP contribution in [0, 0.1) is 0 Å². The SMILES string of the molecule is CN(C)C(=O)CSC(Cc1ccccc1)C(=O)O. The molecular formula is C13H17NO3S. The Kier molecular flexibility index (Phi) is 5.71. The molecule has 0 heterocycles. The van der Waals surface area contributed by atoms with Crippen LogP contribution in [0.2, 0.25) is 0 Å². The third kappa shape index (κ3) is 4.79. The molecule has 0 spiro atoms. The zero-order valence-electron chi connectivity index (χ0n) is 10.5. The first-order chi connectivity index (χ1) is 8.50. The number of rotatable bonds is 6. The summed E-state index contributed by atoms with van der Waals surface area (Å²) >= 11 is 1.17. The minimum atomic E-state index is -0.879. The first kappa shape index (κ1) is 14.6. The topological polar surface area (TPSA) is 57.6 Å². The van der Waals surface area contributed by atoms with Crippen LogP contribution in [0.25, 0.3) is 0 Å². The number of carbonyl (C=O) groups excluding carboxylic acids is 1. The number of benzene rings is 1. The normalized spacial score (nSPS) is 11.9. The van der Waals surface area contributed by atoms with Crippen molar-refractivity contribution in [2.24, 2.45) is 0 Å². The Morgan fingerprint density at radius 3 is 2.39 bits per heavy atom. The van der Waals surface area contributed by atoms with Crippen molar-refractivity contribution in [3.63, 3.8) is 0 Å². The quantitative estimate of drug-likeness (QED) is 0.848. The van der Waals surface area contributed by atoms with Crippen molar-refractivity contribution in [3.05, 3.63) is 35.9 Å². The van der Waals surface area contributed by atoms with Gasteiger partial charge in [0, 0.05) is 14.1 Å². The van der Waals surface area contributed by atoms with Gasteiger partial charge in [-0.1, -0.05) is 30.3 Å². The molecule has 1 unspecified atom stereocenters. The second-order valence-corrected chi connectivity index (χ2v) is 5.31. The number of hydrogen-bond acceptors (Lipinski definition) is 3. The van der Waals surface area contributed by atoms with E-state index in [2.05, 4.69) is 0 Å². The summed E-state index contributed by atoms with van der Waals surface area (Å²) in [6.45, 7) is 0. The maximum atomic E-state index is 11.4. The predicted octanol–water partition coefficient (Wildman–Crippen LogP) is 1.50. The van der Waals surface area contributed by atoms with Crippen LogP contribution in [0.3, 0.4) is 0 Å². The molecule has 4 nitrogen and oxygen atoms in total. The average molecular weight is 267 g/mol. The maximum absolute atomic E-state index is 11.4. The van der Waals surface area contributed by atoms with E-state index in [4.69, 9.17) is 5.11 Å². The highest BCUT2D eigenvalue weighted by atomic mass is 32.2.